The molecule has 1 fully saturated rings. The fourth-order valence-corrected chi connectivity index (χ4v) is 3.33. The standard InChI is InChI=1S/C20H40N2O2/c1-16(2)11-10-13-21-17(3)15-18-12-8-7-9-14-22(18)19(23)24-20(4,5)6/h16-18,21H,7-15H2,1-6H3. The Hall–Kier alpha value is -0.770. The molecule has 0 aromatic heterocycles. The molecular weight excluding hydrogens is 300 g/mol. The summed E-state index contributed by atoms with van der Waals surface area (Å²) in [5.41, 5.74) is -0.422. The van der Waals surface area contributed by atoms with Crippen LogP contribution in [0.25, 0.3) is 0 Å². The maximum Gasteiger partial charge on any atom is 0.410 e. The second kappa shape index (κ2) is 10.3. The van der Waals surface area contributed by atoms with Gasteiger partial charge in [0, 0.05) is 18.6 Å². The monoisotopic (exact) mass is 340 g/mol. The van der Waals surface area contributed by atoms with Crippen LogP contribution in [0, 0.1) is 5.92 Å². The van der Waals surface area contributed by atoms with E-state index < -0.39 is 5.60 Å². The lowest BCUT2D eigenvalue weighted by Crippen LogP contribution is -2.45. The Bertz CT molecular complexity index is 363. The summed E-state index contributed by atoms with van der Waals surface area (Å²) in [6.07, 6.45) is 7.98. The summed E-state index contributed by atoms with van der Waals surface area (Å²) in [4.78, 5) is 14.6. The Morgan fingerprint density at radius 2 is 1.92 bits per heavy atom. The zero-order valence-corrected chi connectivity index (χ0v) is 16.9. The van der Waals surface area contributed by atoms with Gasteiger partial charge < -0.3 is 15.0 Å². The van der Waals surface area contributed by atoms with Crippen molar-refractivity contribution in [2.45, 2.75) is 104 Å². The third-order valence-electron chi connectivity index (χ3n) is 4.58. The van der Waals surface area contributed by atoms with E-state index in [0.29, 0.717) is 12.1 Å². The van der Waals surface area contributed by atoms with Crippen molar-refractivity contribution in [2.75, 3.05) is 13.1 Å². The molecule has 142 valence electrons. The molecule has 0 spiro atoms. The van der Waals surface area contributed by atoms with E-state index in [9.17, 15) is 4.79 Å². The van der Waals surface area contributed by atoms with Gasteiger partial charge in [0.05, 0.1) is 0 Å². The van der Waals surface area contributed by atoms with Crippen LogP contribution in [0.2, 0.25) is 0 Å². The summed E-state index contributed by atoms with van der Waals surface area (Å²) in [5, 5.41) is 3.63. The molecule has 4 heteroatoms. The molecule has 0 radical (unpaired) electrons. The van der Waals surface area contributed by atoms with Gasteiger partial charge in [0.15, 0.2) is 0 Å². The minimum absolute atomic E-state index is 0.138. The number of carbonyl (C=O) groups excluding carboxylic acids is 1. The highest BCUT2D eigenvalue weighted by Gasteiger charge is 2.30. The van der Waals surface area contributed by atoms with E-state index in [0.717, 1.165) is 38.3 Å². The fraction of sp³-hybridized carbons (Fsp3) is 0.950. The lowest BCUT2D eigenvalue weighted by atomic mass is 10.0. The SMILES string of the molecule is CC(C)CCCNC(C)CC1CCCCCN1C(=O)OC(C)(C)C. The summed E-state index contributed by atoms with van der Waals surface area (Å²) in [7, 11) is 0. The minimum atomic E-state index is -0.422. The average Bonchev–Trinajstić information content (AvgIpc) is 2.67. The number of rotatable bonds is 7. The summed E-state index contributed by atoms with van der Waals surface area (Å²) in [6.45, 7) is 14.5. The number of hydrogen-bond donors (Lipinski definition) is 1. The van der Waals surface area contributed by atoms with Gasteiger partial charge in [-0.15, -0.1) is 0 Å². The maximum atomic E-state index is 12.6. The van der Waals surface area contributed by atoms with Crippen molar-refractivity contribution in [2.24, 2.45) is 5.92 Å². The highest BCUT2D eigenvalue weighted by atomic mass is 16.6. The molecule has 1 aliphatic heterocycles. The highest BCUT2D eigenvalue weighted by Crippen LogP contribution is 2.23. The first-order valence-corrected chi connectivity index (χ1v) is 9.92. The van der Waals surface area contributed by atoms with Crippen molar-refractivity contribution in [3.8, 4) is 0 Å². The summed E-state index contributed by atoms with van der Waals surface area (Å²) >= 11 is 0. The van der Waals surface area contributed by atoms with Crippen molar-refractivity contribution >= 4 is 6.09 Å². The number of carbonyl (C=O) groups is 1. The molecule has 1 heterocycles. The van der Waals surface area contributed by atoms with Crippen molar-refractivity contribution in [1.82, 2.24) is 10.2 Å². The van der Waals surface area contributed by atoms with Crippen molar-refractivity contribution in [3.05, 3.63) is 0 Å². The van der Waals surface area contributed by atoms with E-state index in [1.165, 1.54) is 25.7 Å². The zero-order valence-electron chi connectivity index (χ0n) is 16.9. The Morgan fingerprint density at radius 1 is 1.21 bits per heavy atom. The van der Waals surface area contributed by atoms with Gasteiger partial charge in [-0.05, 0) is 72.3 Å². The van der Waals surface area contributed by atoms with Gasteiger partial charge in [-0.3, -0.25) is 0 Å². The van der Waals surface area contributed by atoms with Crippen LogP contribution in [0.5, 0.6) is 0 Å². The van der Waals surface area contributed by atoms with E-state index in [2.05, 4.69) is 26.1 Å². The number of ether oxygens (including phenoxy) is 1. The van der Waals surface area contributed by atoms with Gasteiger partial charge in [0.25, 0.3) is 0 Å². The molecule has 2 atom stereocenters. The normalized spacial score (nSPS) is 20.8. The third kappa shape index (κ3) is 8.91. The molecule has 0 aliphatic carbocycles. The van der Waals surface area contributed by atoms with Gasteiger partial charge in [-0.25, -0.2) is 4.79 Å². The summed E-state index contributed by atoms with van der Waals surface area (Å²) in [6, 6.07) is 0.736. The van der Waals surface area contributed by atoms with Crippen LogP contribution >= 0.6 is 0 Å². The quantitative estimate of drug-likeness (QED) is 0.665. The smallest absolute Gasteiger partial charge is 0.410 e. The Morgan fingerprint density at radius 3 is 2.54 bits per heavy atom. The van der Waals surface area contributed by atoms with Gasteiger partial charge >= 0.3 is 6.09 Å². The Labute approximate surface area is 149 Å². The molecule has 1 rings (SSSR count). The maximum absolute atomic E-state index is 12.6. The van der Waals surface area contributed by atoms with E-state index in [1.54, 1.807) is 0 Å². The number of hydrogen-bond acceptors (Lipinski definition) is 3. The summed E-state index contributed by atoms with van der Waals surface area (Å²) < 4.78 is 5.64. The van der Waals surface area contributed by atoms with Gasteiger partial charge in [-0.1, -0.05) is 26.7 Å². The summed E-state index contributed by atoms with van der Waals surface area (Å²) in [5.74, 6) is 0.770. The lowest BCUT2D eigenvalue weighted by molar-refractivity contribution is 0.0150. The van der Waals surface area contributed by atoms with E-state index in [4.69, 9.17) is 4.74 Å². The van der Waals surface area contributed by atoms with Crippen molar-refractivity contribution < 1.29 is 9.53 Å². The van der Waals surface area contributed by atoms with Gasteiger partial charge in [0.2, 0.25) is 0 Å². The molecule has 1 aliphatic rings. The van der Waals surface area contributed by atoms with Crippen molar-refractivity contribution in [1.29, 1.82) is 0 Å². The Balaban J connectivity index is 2.52. The molecule has 1 N–H and O–H groups in total. The molecule has 4 nitrogen and oxygen atoms in total. The first-order chi connectivity index (χ1) is 11.2. The topological polar surface area (TPSA) is 41.6 Å². The fourth-order valence-electron chi connectivity index (χ4n) is 3.33. The van der Waals surface area contributed by atoms with Crippen LogP contribution in [-0.4, -0.2) is 41.8 Å². The number of nitrogens with zero attached hydrogens (tertiary/aromatic N) is 1. The predicted octanol–water partition coefficient (Wildman–Crippen LogP) is 4.97. The molecule has 0 bridgehead atoms. The van der Waals surface area contributed by atoms with Crippen LogP contribution in [-0.2, 0) is 4.74 Å². The van der Waals surface area contributed by atoms with Gasteiger partial charge in [0.1, 0.15) is 5.60 Å². The molecule has 0 aromatic carbocycles. The molecule has 0 aromatic rings. The van der Waals surface area contributed by atoms with Crippen molar-refractivity contribution in [3.63, 3.8) is 0 Å². The van der Waals surface area contributed by atoms with E-state index in [1.807, 2.05) is 25.7 Å². The van der Waals surface area contributed by atoms with Crippen LogP contribution in [0.3, 0.4) is 0 Å². The first kappa shape index (κ1) is 21.3. The van der Waals surface area contributed by atoms with Gasteiger partial charge in [-0.2, -0.15) is 0 Å². The van der Waals surface area contributed by atoms with E-state index in [-0.39, 0.29) is 6.09 Å². The number of nitrogens with one attached hydrogen (secondary N) is 1. The minimum Gasteiger partial charge on any atom is -0.444 e. The van der Waals surface area contributed by atoms with Crippen LogP contribution in [0.15, 0.2) is 0 Å². The number of likely N-dealkylation sites (tertiary alicyclic amines) is 1. The lowest BCUT2D eigenvalue weighted by Gasteiger charge is -2.33. The van der Waals surface area contributed by atoms with Crippen LogP contribution < -0.4 is 5.32 Å². The second-order valence-corrected chi connectivity index (χ2v) is 8.80. The average molecular weight is 341 g/mol. The predicted molar refractivity (Wildman–Crippen MR) is 101 cm³/mol. The van der Waals surface area contributed by atoms with Crippen LogP contribution in [0.4, 0.5) is 4.79 Å². The molecule has 2 unspecified atom stereocenters. The molecule has 0 saturated carbocycles. The first-order valence-electron chi connectivity index (χ1n) is 9.92. The van der Waals surface area contributed by atoms with E-state index >= 15 is 0 Å². The molecular formula is C20H40N2O2. The second-order valence-electron chi connectivity index (χ2n) is 8.80. The molecule has 1 amide bonds. The molecule has 1 saturated heterocycles. The van der Waals surface area contributed by atoms with Crippen LogP contribution in [0.1, 0.15) is 86.5 Å². The third-order valence-corrected chi connectivity index (χ3v) is 4.58. The number of amides is 1. The zero-order chi connectivity index (χ0) is 18.2. The molecule has 24 heavy (non-hydrogen) atoms. The Kier molecular flexibility index (Phi) is 9.11. The highest BCUT2D eigenvalue weighted by molar-refractivity contribution is 5.68. The largest absolute Gasteiger partial charge is 0.444 e.